The summed E-state index contributed by atoms with van der Waals surface area (Å²) >= 11 is 11.9. The van der Waals surface area contributed by atoms with Gasteiger partial charge in [-0.2, -0.15) is 15.0 Å². The summed E-state index contributed by atoms with van der Waals surface area (Å²) in [6, 6.07) is 16.9. The van der Waals surface area contributed by atoms with Gasteiger partial charge in [0.2, 0.25) is 17.2 Å². The van der Waals surface area contributed by atoms with Crippen molar-refractivity contribution in [2.45, 2.75) is 0 Å². The van der Waals surface area contributed by atoms with E-state index >= 15 is 0 Å². The van der Waals surface area contributed by atoms with Gasteiger partial charge in [0, 0.05) is 16.4 Å². The number of hydrogen-bond acceptors (Lipinski definition) is 5. The third-order valence-corrected chi connectivity index (χ3v) is 3.33. The lowest BCUT2D eigenvalue weighted by atomic mass is 10.2. The van der Waals surface area contributed by atoms with E-state index in [0.29, 0.717) is 11.0 Å². The van der Waals surface area contributed by atoms with Gasteiger partial charge in [0.15, 0.2) is 0 Å². The van der Waals surface area contributed by atoms with Crippen molar-refractivity contribution in [2.24, 2.45) is 0 Å². The molecule has 0 amide bonds. The van der Waals surface area contributed by atoms with Gasteiger partial charge in [-0.3, -0.25) is 4.90 Å². The quantitative estimate of drug-likeness (QED) is 0.777. The molecule has 2 aromatic carbocycles. The first-order valence-electron chi connectivity index (χ1n) is 6.41. The van der Waals surface area contributed by atoms with Crippen molar-refractivity contribution in [3.05, 3.63) is 64.9 Å². The number of rotatable bonds is 3. The van der Waals surface area contributed by atoms with Gasteiger partial charge in [0.1, 0.15) is 0 Å². The minimum atomic E-state index is 0.0393. The molecule has 2 N–H and O–H groups in total. The van der Waals surface area contributed by atoms with Crippen LogP contribution in [0.5, 0.6) is 0 Å². The number of nitrogens with zero attached hydrogens (tertiary/aromatic N) is 4. The molecule has 7 heteroatoms. The Morgan fingerprint density at radius 2 is 1.41 bits per heavy atom. The number of para-hydroxylation sites is 1. The molecule has 0 saturated heterocycles. The second kappa shape index (κ2) is 6.17. The fraction of sp³-hybridized carbons (Fsp3) is 0. The summed E-state index contributed by atoms with van der Waals surface area (Å²) in [6.07, 6.45) is 0. The molecule has 0 aliphatic heterocycles. The molecule has 0 bridgehead atoms. The van der Waals surface area contributed by atoms with E-state index in [1.807, 2.05) is 47.4 Å². The van der Waals surface area contributed by atoms with Crippen molar-refractivity contribution >= 4 is 46.5 Å². The van der Waals surface area contributed by atoms with E-state index in [1.165, 1.54) is 0 Å². The van der Waals surface area contributed by atoms with Gasteiger partial charge in [-0.25, -0.2) is 0 Å². The van der Waals surface area contributed by atoms with E-state index in [9.17, 15) is 0 Å². The number of aromatic nitrogens is 3. The third kappa shape index (κ3) is 3.10. The molecule has 0 saturated carbocycles. The smallest absolute Gasteiger partial charge is 0.240 e. The second-order valence-electron chi connectivity index (χ2n) is 4.41. The number of anilines is 4. The van der Waals surface area contributed by atoms with Crippen LogP contribution in [0, 0.1) is 0 Å². The lowest BCUT2D eigenvalue weighted by Crippen LogP contribution is -2.15. The molecule has 0 fully saturated rings. The fourth-order valence-corrected chi connectivity index (χ4v) is 2.29. The van der Waals surface area contributed by atoms with Crippen LogP contribution in [0.15, 0.2) is 54.6 Å². The van der Waals surface area contributed by atoms with Gasteiger partial charge in [-0.05, 0) is 48.0 Å². The highest BCUT2D eigenvalue weighted by molar-refractivity contribution is 6.30. The number of hydrogen-bond donors (Lipinski definition) is 1. The molecule has 0 atom stereocenters. The van der Waals surface area contributed by atoms with Crippen LogP contribution >= 0.6 is 23.2 Å². The molecule has 22 heavy (non-hydrogen) atoms. The van der Waals surface area contributed by atoms with Crippen LogP contribution in [0.4, 0.5) is 23.3 Å². The lowest BCUT2D eigenvalue weighted by Gasteiger charge is -2.23. The third-order valence-electron chi connectivity index (χ3n) is 2.91. The predicted molar refractivity (Wildman–Crippen MR) is 88.9 cm³/mol. The predicted octanol–water partition coefficient (Wildman–Crippen LogP) is 4.23. The van der Waals surface area contributed by atoms with Crippen LogP contribution in [0.1, 0.15) is 0 Å². The molecule has 5 nitrogen and oxygen atoms in total. The number of nitrogens with two attached hydrogens (primary N) is 1. The van der Waals surface area contributed by atoms with Crippen LogP contribution in [0.3, 0.4) is 0 Å². The standard InChI is InChI=1S/C15H11Cl2N5/c16-10-6-8-12(9-7-10)22(11-4-2-1-3-5-11)15-20-13(17)19-14(18)21-15/h1-9H,(H2,18,19,20,21). The summed E-state index contributed by atoms with van der Waals surface area (Å²) in [5.74, 6) is 0.399. The maximum atomic E-state index is 5.96. The van der Waals surface area contributed by atoms with E-state index in [1.54, 1.807) is 12.1 Å². The first kappa shape index (κ1) is 14.6. The molecule has 0 aliphatic rings. The molecule has 0 spiro atoms. The maximum Gasteiger partial charge on any atom is 0.240 e. The number of nitrogen functional groups attached to an aromatic ring is 1. The van der Waals surface area contributed by atoms with Crippen molar-refractivity contribution < 1.29 is 0 Å². The summed E-state index contributed by atoms with van der Waals surface area (Å²) in [7, 11) is 0. The van der Waals surface area contributed by atoms with Gasteiger partial charge in [-0.1, -0.05) is 29.8 Å². The molecule has 3 rings (SSSR count). The van der Waals surface area contributed by atoms with Crippen molar-refractivity contribution in [1.82, 2.24) is 15.0 Å². The highest BCUT2D eigenvalue weighted by Gasteiger charge is 2.16. The fourth-order valence-electron chi connectivity index (χ4n) is 2.00. The Bertz CT molecular complexity index is 757. The Hall–Kier alpha value is -2.37. The monoisotopic (exact) mass is 331 g/mol. The van der Waals surface area contributed by atoms with Crippen LogP contribution in [-0.4, -0.2) is 15.0 Å². The first-order valence-corrected chi connectivity index (χ1v) is 7.17. The zero-order valence-electron chi connectivity index (χ0n) is 11.3. The SMILES string of the molecule is Nc1nc(Cl)nc(N(c2ccccc2)c2ccc(Cl)cc2)n1. The molecule has 110 valence electrons. The average molecular weight is 332 g/mol. The molecule has 0 radical (unpaired) electrons. The zero-order chi connectivity index (χ0) is 15.5. The van der Waals surface area contributed by atoms with Gasteiger partial charge in [0.05, 0.1) is 0 Å². The van der Waals surface area contributed by atoms with Gasteiger partial charge >= 0.3 is 0 Å². The summed E-state index contributed by atoms with van der Waals surface area (Å²) < 4.78 is 0. The minimum Gasteiger partial charge on any atom is -0.368 e. The van der Waals surface area contributed by atoms with Gasteiger partial charge in [-0.15, -0.1) is 0 Å². The van der Waals surface area contributed by atoms with Crippen molar-refractivity contribution in [3.8, 4) is 0 Å². The highest BCUT2D eigenvalue weighted by atomic mass is 35.5. The van der Waals surface area contributed by atoms with Crippen molar-refractivity contribution in [2.75, 3.05) is 10.6 Å². The topological polar surface area (TPSA) is 67.9 Å². The van der Waals surface area contributed by atoms with Crippen LogP contribution < -0.4 is 10.6 Å². The molecule has 0 aliphatic carbocycles. The first-order chi connectivity index (χ1) is 10.6. The molecule has 1 aromatic heterocycles. The highest BCUT2D eigenvalue weighted by Crippen LogP contribution is 2.33. The van der Waals surface area contributed by atoms with E-state index in [-0.39, 0.29) is 11.2 Å². The summed E-state index contributed by atoms with van der Waals surface area (Å²) in [4.78, 5) is 14.0. The Labute approximate surface area is 137 Å². The number of halogens is 2. The average Bonchev–Trinajstić information content (AvgIpc) is 2.50. The molecular formula is C15H11Cl2N5. The van der Waals surface area contributed by atoms with Crippen molar-refractivity contribution in [1.29, 1.82) is 0 Å². The van der Waals surface area contributed by atoms with Crippen molar-refractivity contribution in [3.63, 3.8) is 0 Å². The maximum absolute atomic E-state index is 5.96. The van der Waals surface area contributed by atoms with E-state index < -0.39 is 0 Å². The second-order valence-corrected chi connectivity index (χ2v) is 5.18. The Balaban J connectivity index is 2.16. The minimum absolute atomic E-state index is 0.0393. The molecule has 1 heterocycles. The zero-order valence-corrected chi connectivity index (χ0v) is 12.8. The van der Waals surface area contributed by atoms with Crippen LogP contribution in [0.25, 0.3) is 0 Å². The molecule has 3 aromatic rings. The van der Waals surface area contributed by atoms with Crippen LogP contribution in [0.2, 0.25) is 10.3 Å². The Kier molecular flexibility index (Phi) is 4.09. The van der Waals surface area contributed by atoms with E-state index in [0.717, 1.165) is 11.4 Å². The molecular weight excluding hydrogens is 321 g/mol. The normalized spacial score (nSPS) is 10.5. The van der Waals surface area contributed by atoms with Crippen LogP contribution in [-0.2, 0) is 0 Å². The summed E-state index contributed by atoms with van der Waals surface area (Å²) in [5.41, 5.74) is 7.38. The summed E-state index contributed by atoms with van der Waals surface area (Å²) in [6.45, 7) is 0. The van der Waals surface area contributed by atoms with E-state index in [4.69, 9.17) is 28.9 Å². The summed E-state index contributed by atoms with van der Waals surface area (Å²) in [5, 5.41) is 0.683. The van der Waals surface area contributed by atoms with Gasteiger partial charge < -0.3 is 5.73 Å². The van der Waals surface area contributed by atoms with E-state index in [2.05, 4.69) is 15.0 Å². The Morgan fingerprint density at radius 1 is 0.773 bits per heavy atom. The molecule has 0 unspecified atom stereocenters. The lowest BCUT2D eigenvalue weighted by molar-refractivity contribution is 1.02. The Morgan fingerprint density at radius 3 is 2.05 bits per heavy atom. The van der Waals surface area contributed by atoms with Gasteiger partial charge in [0.25, 0.3) is 0 Å². The largest absolute Gasteiger partial charge is 0.368 e. The number of benzene rings is 2.